The van der Waals surface area contributed by atoms with Gasteiger partial charge in [0.05, 0.1) is 11.9 Å². The highest BCUT2D eigenvalue weighted by Gasteiger charge is 2.07. The number of amides is 2. The summed E-state index contributed by atoms with van der Waals surface area (Å²) in [6.07, 6.45) is 3.54. The topological polar surface area (TPSA) is 54.0 Å². The Kier molecular flexibility index (Phi) is 4.76. The van der Waals surface area contributed by atoms with Crippen LogP contribution < -0.4 is 10.6 Å². The standard InChI is InChI=1S/C12H19N3O/c1-4-10(5-2)14-12(16)15-11-7-6-9(3)13-8-11/h6-8,10H,4-5H2,1-3H3,(H2,14,15,16). The first-order valence-electron chi connectivity index (χ1n) is 5.65. The zero-order valence-corrected chi connectivity index (χ0v) is 10.1. The minimum Gasteiger partial charge on any atom is -0.335 e. The molecule has 0 saturated heterocycles. The molecule has 0 aliphatic heterocycles. The molecule has 0 saturated carbocycles. The van der Waals surface area contributed by atoms with Crippen LogP contribution in [0, 0.1) is 6.92 Å². The first kappa shape index (κ1) is 12.5. The van der Waals surface area contributed by atoms with Crippen molar-refractivity contribution in [2.75, 3.05) is 5.32 Å². The third-order valence-electron chi connectivity index (χ3n) is 2.49. The average molecular weight is 221 g/mol. The maximum absolute atomic E-state index is 11.6. The van der Waals surface area contributed by atoms with Gasteiger partial charge in [0.25, 0.3) is 0 Å². The van der Waals surface area contributed by atoms with Gasteiger partial charge in [-0.25, -0.2) is 4.79 Å². The largest absolute Gasteiger partial charge is 0.335 e. The lowest BCUT2D eigenvalue weighted by atomic mass is 10.2. The molecule has 0 fully saturated rings. The maximum Gasteiger partial charge on any atom is 0.319 e. The SMILES string of the molecule is CCC(CC)NC(=O)Nc1ccc(C)nc1. The van der Waals surface area contributed by atoms with E-state index in [9.17, 15) is 4.79 Å². The third kappa shape index (κ3) is 3.88. The average Bonchev–Trinajstić information content (AvgIpc) is 2.29. The van der Waals surface area contributed by atoms with Gasteiger partial charge in [-0.05, 0) is 31.9 Å². The number of aryl methyl sites for hydroxylation is 1. The van der Waals surface area contributed by atoms with Crippen LogP contribution in [0.1, 0.15) is 32.4 Å². The number of rotatable bonds is 4. The lowest BCUT2D eigenvalue weighted by Gasteiger charge is -2.15. The van der Waals surface area contributed by atoms with Gasteiger partial charge in [-0.15, -0.1) is 0 Å². The molecule has 0 aliphatic rings. The molecule has 1 aromatic heterocycles. The Labute approximate surface area is 96.5 Å². The van der Waals surface area contributed by atoms with Crippen molar-refractivity contribution in [3.05, 3.63) is 24.0 Å². The molecule has 0 atom stereocenters. The van der Waals surface area contributed by atoms with E-state index in [1.807, 2.05) is 19.1 Å². The number of hydrogen-bond donors (Lipinski definition) is 2. The van der Waals surface area contributed by atoms with Gasteiger partial charge >= 0.3 is 6.03 Å². The van der Waals surface area contributed by atoms with Crippen molar-refractivity contribution >= 4 is 11.7 Å². The molecular formula is C12H19N3O. The van der Waals surface area contributed by atoms with Crippen molar-refractivity contribution in [2.24, 2.45) is 0 Å². The van der Waals surface area contributed by atoms with Crippen molar-refractivity contribution in [3.8, 4) is 0 Å². The first-order valence-corrected chi connectivity index (χ1v) is 5.65. The number of nitrogens with zero attached hydrogens (tertiary/aromatic N) is 1. The molecule has 0 aliphatic carbocycles. The molecule has 0 aromatic carbocycles. The van der Waals surface area contributed by atoms with Crippen LogP contribution >= 0.6 is 0 Å². The lowest BCUT2D eigenvalue weighted by molar-refractivity contribution is 0.247. The summed E-state index contributed by atoms with van der Waals surface area (Å²) in [5.74, 6) is 0. The van der Waals surface area contributed by atoms with Gasteiger partial charge < -0.3 is 10.6 Å². The molecule has 16 heavy (non-hydrogen) atoms. The van der Waals surface area contributed by atoms with E-state index < -0.39 is 0 Å². The number of nitrogens with one attached hydrogen (secondary N) is 2. The Morgan fingerprint density at radius 1 is 1.38 bits per heavy atom. The molecule has 2 N–H and O–H groups in total. The van der Waals surface area contributed by atoms with Crippen molar-refractivity contribution in [1.29, 1.82) is 0 Å². The molecule has 4 nitrogen and oxygen atoms in total. The molecule has 4 heteroatoms. The minimum atomic E-state index is -0.167. The van der Waals surface area contributed by atoms with E-state index in [4.69, 9.17) is 0 Å². The lowest BCUT2D eigenvalue weighted by Crippen LogP contribution is -2.37. The van der Waals surface area contributed by atoms with Crippen molar-refractivity contribution in [1.82, 2.24) is 10.3 Å². The Morgan fingerprint density at radius 3 is 2.56 bits per heavy atom. The molecule has 1 aromatic rings. The van der Waals surface area contributed by atoms with E-state index in [1.165, 1.54) is 0 Å². The van der Waals surface area contributed by atoms with E-state index in [-0.39, 0.29) is 12.1 Å². The summed E-state index contributed by atoms with van der Waals surface area (Å²) in [5, 5.41) is 5.66. The monoisotopic (exact) mass is 221 g/mol. The van der Waals surface area contributed by atoms with Crippen LogP contribution in [0.5, 0.6) is 0 Å². The quantitative estimate of drug-likeness (QED) is 0.821. The number of hydrogen-bond acceptors (Lipinski definition) is 2. The Balaban J connectivity index is 2.48. The highest BCUT2D eigenvalue weighted by molar-refractivity contribution is 5.89. The van der Waals surface area contributed by atoms with Crippen LogP contribution in [-0.4, -0.2) is 17.1 Å². The summed E-state index contributed by atoms with van der Waals surface area (Å²) in [6.45, 7) is 6.03. The fourth-order valence-corrected chi connectivity index (χ4v) is 1.39. The predicted octanol–water partition coefficient (Wildman–Crippen LogP) is 2.70. The number of urea groups is 1. The number of carbonyl (C=O) groups is 1. The third-order valence-corrected chi connectivity index (χ3v) is 2.49. The Bertz CT molecular complexity index is 331. The van der Waals surface area contributed by atoms with E-state index in [0.717, 1.165) is 18.5 Å². The minimum absolute atomic E-state index is 0.167. The van der Waals surface area contributed by atoms with Crippen LogP contribution in [0.2, 0.25) is 0 Å². The zero-order chi connectivity index (χ0) is 12.0. The van der Waals surface area contributed by atoms with E-state index >= 15 is 0 Å². The normalized spacial score (nSPS) is 10.2. The highest BCUT2D eigenvalue weighted by atomic mass is 16.2. The second-order valence-corrected chi connectivity index (χ2v) is 3.80. The summed E-state index contributed by atoms with van der Waals surface area (Å²) in [5.41, 5.74) is 1.65. The fourth-order valence-electron chi connectivity index (χ4n) is 1.39. The molecule has 0 radical (unpaired) electrons. The van der Waals surface area contributed by atoms with Gasteiger partial charge in [0.15, 0.2) is 0 Å². The summed E-state index contributed by atoms with van der Waals surface area (Å²) < 4.78 is 0. The van der Waals surface area contributed by atoms with Crippen LogP contribution in [0.3, 0.4) is 0 Å². The molecule has 0 unspecified atom stereocenters. The second kappa shape index (κ2) is 6.10. The number of pyridine rings is 1. The molecule has 88 valence electrons. The summed E-state index contributed by atoms with van der Waals surface area (Å²) in [6, 6.07) is 3.78. The Hall–Kier alpha value is -1.58. The number of aromatic nitrogens is 1. The zero-order valence-electron chi connectivity index (χ0n) is 10.1. The van der Waals surface area contributed by atoms with Gasteiger partial charge in [0, 0.05) is 11.7 Å². The van der Waals surface area contributed by atoms with E-state index in [1.54, 1.807) is 6.20 Å². The molecular weight excluding hydrogens is 202 g/mol. The number of anilines is 1. The maximum atomic E-state index is 11.6. The predicted molar refractivity (Wildman–Crippen MR) is 65.5 cm³/mol. The molecule has 0 bridgehead atoms. The van der Waals surface area contributed by atoms with Gasteiger partial charge in [-0.2, -0.15) is 0 Å². The Morgan fingerprint density at radius 2 is 2.06 bits per heavy atom. The molecule has 2 amide bonds. The van der Waals surface area contributed by atoms with Gasteiger partial charge in [-0.1, -0.05) is 13.8 Å². The number of carbonyl (C=O) groups excluding carboxylic acids is 1. The van der Waals surface area contributed by atoms with Crippen molar-refractivity contribution in [2.45, 2.75) is 39.7 Å². The molecule has 1 rings (SSSR count). The second-order valence-electron chi connectivity index (χ2n) is 3.80. The van der Waals surface area contributed by atoms with E-state index in [2.05, 4.69) is 29.5 Å². The van der Waals surface area contributed by atoms with Crippen molar-refractivity contribution < 1.29 is 4.79 Å². The van der Waals surface area contributed by atoms with E-state index in [0.29, 0.717) is 5.69 Å². The van der Waals surface area contributed by atoms with Crippen LogP contribution in [0.15, 0.2) is 18.3 Å². The van der Waals surface area contributed by atoms with Gasteiger partial charge in [-0.3, -0.25) is 4.98 Å². The molecule has 1 heterocycles. The van der Waals surface area contributed by atoms with Gasteiger partial charge in [0.1, 0.15) is 0 Å². The smallest absolute Gasteiger partial charge is 0.319 e. The fraction of sp³-hybridized carbons (Fsp3) is 0.500. The summed E-state index contributed by atoms with van der Waals surface area (Å²) in [7, 11) is 0. The van der Waals surface area contributed by atoms with Crippen molar-refractivity contribution in [3.63, 3.8) is 0 Å². The van der Waals surface area contributed by atoms with Gasteiger partial charge in [0.2, 0.25) is 0 Å². The van der Waals surface area contributed by atoms with Crippen LogP contribution in [0.25, 0.3) is 0 Å². The summed E-state index contributed by atoms with van der Waals surface area (Å²) in [4.78, 5) is 15.7. The first-order chi connectivity index (χ1) is 7.65. The van der Waals surface area contributed by atoms with Crippen LogP contribution in [0.4, 0.5) is 10.5 Å². The molecule has 0 spiro atoms. The summed E-state index contributed by atoms with van der Waals surface area (Å²) >= 11 is 0. The highest BCUT2D eigenvalue weighted by Crippen LogP contribution is 2.05. The van der Waals surface area contributed by atoms with Crippen LogP contribution in [-0.2, 0) is 0 Å².